The summed E-state index contributed by atoms with van der Waals surface area (Å²) in [5.41, 5.74) is -3.07. The molecule has 3 rings (SSSR count). The number of nitrogens with zero attached hydrogens (tertiary/aromatic N) is 1. The van der Waals surface area contributed by atoms with E-state index in [9.17, 15) is 38.1 Å². The number of aliphatic hydroxyl groups excluding tert-OH is 1. The smallest absolute Gasteiger partial charge is 0.416 e. The molecular formula is C28H35F3N2O6. The molecule has 0 spiro atoms. The Labute approximate surface area is 225 Å². The molecule has 2 aromatic rings. The molecule has 2 aromatic carbocycles. The molecule has 1 saturated heterocycles. The summed E-state index contributed by atoms with van der Waals surface area (Å²) in [6, 6.07) is 7.90. The van der Waals surface area contributed by atoms with Gasteiger partial charge in [0, 0.05) is 24.3 Å². The van der Waals surface area contributed by atoms with Gasteiger partial charge < -0.3 is 30.3 Å². The van der Waals surface area contributed by atoms with Crippen LogP contribution in [0.15, 0.2) is 42.5 Å². The number of hydrogen-bond acceptors (Lipinski definition) is 5. The number of amides is 2. The number of carboxylic acids is 1. The van der Waals surface area contributed by atoms with Crippen molar-refractivity contribution in [2.45, 2.75) is 70.4 Å². The number of anilines is 1. The second-order valence-electron chi connectivity index (χ2n) is 11.0. The van der Waals surface area contributed by atoms with Gasteiger partial charge in [-0.25, -0.2) is 4.79 Å². The molecule has 4 N–H and O–H groups in total. The maximum Gasteiger partial charge on any atom is 0.416 e. The molecule has 0 aromatic heterocycles. The number of aliphatic carboxylic acids is 1. The number of likely N-dealkylation sites (tertiary alicyclic amines) is 1. The predicted molar refractivity (Wildman–Crippen MR) is 138 cm³/mol. The van der Waals surface area contributed by atoms with E-state index in [1.807, 2.05) is 13.8 Å². The van der Waals surface area contributed by atoms with Crippen LogP contribution in [0.1, 0.15) is 69.9 Å². The number of carbonyl (C=O) groups excluding carboxylic acids is 1. The molecule has 0 aliphatic carbocycles. The molecule has 1 unspecified atom stereocenters. The van der Waals surface area contributed by atoms with Crippen LogP contribution in [0, 0.1) is 5.92 Å². The summed E-state index contributed by atoms with van der Waals surface area (Å²) in [7, 11) is 0. The third kappa shape index (κ3) is 7.63. The van der Waals surface area contributed by atoms with Gasteiger partial charge in [-0.3, -0.25) is 4.79 Å². The largest absolute Gasteiger partial charge is 0.481 e. The van der Waals surface area contributed by atoms with Crippen LogP contribution in [0.2, 0.25) is 0 Å². The lowest BCUT2D eigenvalue weighted by atomic mass is 9.84. The van der Waals surface area contributed by atoms with Crippen LogP contribution >= 0.6 is 0 Å². The fraction of sp³-hybridized carbons (Fsp3) is 0.500. The lowest BCUT2D eigenvalue weighted by molar-refractivity contribution is -0.142. The molecule has 214 valence electrons. The molecule has 1 fully saturated rings. The van der Waals surface area contributed by atoms with E-state index in [2.05, 4.69) is 5.32 Å². The number of alkyl halides is 3. The van der Waals surface area contributed by atoms with E-state index in [1.165, 1.54) is 49.1 Å². The van der Waals surface area contributed by atoms with Gasteiger partial charge in [0.05, 0.1) is 16.6 Å². The number of piperidine rings is 1. The number of benzene rings is 2. The number of ether oxygens (including phenoxy) is 1. The summed E-state index contributed by atoms with van der Waals surface area (Å²) < 4.78 is 46.3. The van der Waals surface area contributed by atoms with Gasteiger partial charge in [0.2, 0.25) is 6.29 Å². The first-order valence-electron chi connectivity index (χ1n) is 12.7. The van der Waals surface area contributed by atoms with E-state index < -0.39 is 41.0 Å². The topological polar surface area (TPSA) is 119 Å². The molecule has 11 heteroatoms. The Morgan fingerprint density at radius 3 is 2.15 bits per heavy atom. The fourth-order valence-electron chi connectivity index (χ4n) is 4.59. The van der Waals surface area contributed by atoms with E-state index in [0.29, 0.717) is 24.8 Å². The van der Waals surface area contributed by atoms with Crippen LogP contribution in [-0.4, -0.2) is 50.9 Å². The van der Waals surface area contributed by atoms with Crippen LogP contribution in [0.5, 0.6) is 5.75 Å². The van der Waals surface area contributed by atoms with Gasteiger partial charge in [-0.15, -0.1) is 0 Å². The third-order valence-electron chi connectivity index (χ3n) is 6.95. The Hall–Kier alpha value is -3.31. The van der Waals surface area contributed by atoms with E-state index in [0.717, 1.165) is 12.1 Å². The van der Waals surface area contributed by atoms with Crippen molar-refractivity contribution in [3.8, 4) is 5.75 Å². The van der Waals surface area contributed by atoms with Crippen LogP contribution in [0.3, 0.4) is 0 Å². The fourth-order valence-corrected chi connectivity index (χ4v) is 4.59. The number of rotatable bonds is 8. The van der Waals surface area contributed by atoms with E-state index in [1.54, 1.807) is 0 Å². The molecule has 0 bridgehead atoms. The highest BCUT2D eigenvalue weighted by atomic mass is 19.4. The first kappa shape index (κ1) is 30.2. The van der Waals surface area contributed by atoms with Crippen LogP contribution in [0.25, 0.3) is 0 Å². The van der Waals surface area contributed by atoms with E-state index >= 15 is 0 Å². The highest BCUT2D eigenvalue weighted by Crippen LogP contribution is 2.35. The van der Waals surface area contributed by atoms with Crippen molar-refractivity contribution < 1.29 is 42.8 Å². The minimum absolute atomic E-state index is 0.109. The van der Waals surface area contributed by atoms with Gasteiger partial charge in [0.15, 0.2) is 0 Å². The molecular weight excluding hydrogens is 517 g/mol. The Kier molecular flexibility index (Phi) is 8.86. The minimum Gasteiger partial charge on any atom is -0.481 e. The molecule has 0 saturated carbocycles. The Balaban J connectivity index is 1.75. The zero-order valence-electron chi connectivity index (χ0n) is 22.4. The maximum absolute atomic E-state index is 13.6. The number of halogens is 3. The predicted octanol–water partition coefficient (Wildman–Crippen LogP) is 5.54. The molecule has 1 aliphatic heterocycles. The van der Waals surface area contributed by atoms with Gasteiger partial charge in [-0.2, -0.15) is 13.2 Å². The summed E-state index contributed by atoms with van der Waals surface area (Å²) in [5, 5.41) is 33.1. The molecule has 1 heterocycles. The highest BCUT2D eigenvalue weighted by Gasteiger charge is 2.35. The zero-order valence-corrected chi connectivity index (χ0v) is 22.4. The van der Waals surface area contributed by atoms with Crippen molar-refractivity contribution in [2.24, 2.45) is 5.92 Å². The lowest BCUT2D eigenvalue weighted by Crippen LogP contribution is -2.48. The average Bonchev–Trinajstić information content (AvgIpc) is 2.83. The quantitative estimate of drug-likeness (QED) is 0.319. The zero-order chi connectivity index (χ0) is 29.2. The third-order valence-corrected chi connectivity index (χ3v) is 6.95. The Morgan fingerprint density at radius 2 is 1.64 bits per heavy atom. The first-order valence-corrected chi connectivity index (χ1v) is 12.7. The number of nitrogens with one attached hydrogen (secondary N) is 1. The van der Waals surface area contributed by atoms with Crippen molar-refractivity contribution in [2.75, 3.05) is 18.4 Å². The molecule has 8 nitrogen and oxygen atoms in total. The number of carbonyl (C=O) groups is 2. The van der Waals surface area contributed by atoms with Crippen molar-refractivity contribution >= 4 is 17.7 Å². The minimum atomic E-state index is -4.75. The first-order chi connectivity index (χ1) is 18.0. The highest BCUT2D eigenvalue weighted by molar-refractivity contribution is 5.89. The summed E-state index contributed by atoms with van der Waals surface area (Å²) in [6.45, 7) is 7.54. The average molecular weight is 553 g/mol. The van der Waals surface area contributed by atoms with Crippen LogP contribution in [-0.2, 0) is 16.4 Å². The van der Waals surface area contributed by atoms with Gasteiger partial charge in [0.25, 0.3) is 0 Å². The maximum atomic E-state index is 13.6. The van der Waals surface area contributed by atoms with E-state index in [4.69, 9.17) is 4.74 Å². The molecule has 1 aliphatic rings. The molecule has 2 amide bonds. The molecule has 0 radical (unpaired) electrons. The summed E-state index contributed by atoms with van der Waals surface area (Å²) in [6.07, 6.45) is -5.24. The number of hydrogen-bond donors (Lipinski definition) is 4. The summed E-state index contributed by atoms with van der Waals surface area (Å²) in [5.74, 6) is -0.648. The molecule has 39 heavy (non-hydrogen) atoms. The number of aliphatic hydroxyl groups is 2. The monoisotopic (exact) mass is 552 g/mol. The Morgan fingerprint density at radius 1 is 1.05 bits per heavy atom. The van der Waals surface area contributed by atoms with Crippen LogP contribution in [0.4, 0.5) is 23.7 Å². The van der Waals surface area contributed by atoms with Crippen LogP contribution < -0.4 is 10.1 Å². The van der Waals surface area contributed by atoms with Gasteiger partial charge in [-0.05, 0) is 74.9 Å². The summed E-state index contributed by atoms with van der Waals surface area (Å²) >= 11 is 0. The van der Waals surface area contributed by atoms with Gasteiger partial charge in [0.1, 0.15) is 5.75 Å². The van der Waals surface area contributed by atoms with E-state index in [-0.39, 0.29) is 36.0 Å². The van der Waals surface area contributed by atoms with Gasteiger partial charge >= 0.3 is 18.2 Å². The Bertz CT molecular complexity index is 1170. The number of urea groups is 1. The van der Waals surface area contributed by atoms with Crippen molar-refractivity contribution in [1.82, 2.24) is 4.90 Å². The second-order valence-corrected chi connectivity index (χ2v) is 11.0. The number of carboxylic acid groups (broad SMARTS) is 1. The molecule has 1 atom stereocenters. The second kappa shape index (κ2) is 11.4. The SMILES string of the molecule is CC(C)CC1(O)CCN(C(=O)Nc2cc(C(O)Oc3ccc(C(C)(C)C(=O)O)cc3)cc(C(F)(F)F)c2)CC1. The van der Waals surface area contributed by atoms with Crippen molar-refractivity contribution in [1.29, 1.82) is 0 Å². The van der Waals surface area contributed by atoms with Crippen molar-refractivity contribution in [3.63, 3.8) is 0 Å². The normalized spacial score (nSPS) is 16.6. The standard InChI is InChI=1S/C28H35F3N2O6/c1-17(2)16-27(38)9-11-33(12-10-27)25(37)32-21-14-18(13-20(15-21)28(29,30)31)23(34)39-22-7-5-19(6-8-22)26(3,4)24(35)36/h5-8,13-15,17,23,34,38H,9-12,16H2,1-4H3,(H,32,37)(H,35,36). The van der Waals surface area contributed by atoms with Crippen molar-refractivity contribution in [3.05, 3.63) is 59.2 Å². The lowest BCUT2D eigenvalue weighted by Gasteiger charge is -2.39. The summed E-state index contributed by atoms with van der Waals surface area (Å²) in [4.78, 5) is 25.7. The van der Waals surface area contributed by atoms with Gasteiger partial charge in [-0.1, -0.05) is 26.0 Å².